The molecule has 5 rings (SSSR count). The largest absolute Gasteiger partial charge is 0.372 e. The lowest BCUT2D eigenvalue weighted by molar-refractivity contribution is -0.121. The maximum absolute atomic E-state index is 11.4. The molecule has 3 aromatic rings. The number of benzene rings is 1. The Morgan fingerprint density at radius 1 is 1.10 bits per heavy atom. The Kier molecular flexibility index (Phi) is 4.61. The van der Waals surface area contributed by atoms with E-state index < -0.39 is 0 Å². The van der Waals surface area contributed by atoms with Crippen LogP contribution in [0.25, 0.3) is 16.9 Å². The van der Waals surface area contributed by atoms with Crippen LogP contribution in [0.5, 0.6) is 0 Å². The summed E-state index contributed by atoms with van der Waals surface area (Å²) >= 11 is 0. The highest BCUT2D eigenvalue weighted by Crippen LogP contribution is 2.32. The van der Waals surface area contributed by atoms with Gasteiger partial charge in [-0.3, -0.25) is 4.79 Å². The molecule has 1 amide bonds. The standard InChI is InChI=1S/C21H25N7O/c22-20(29)15-4-3-14(11-15)12-19-23-13-18-21(24-19)28(26-25-18)17-7-5-16(6-8-17)27-9-1-2-10-27/h5-8,13-15H,1-4,9-12H2,(H2,22,29)/t14-,15+/m1/s1. The maximum atomic E-state index is 11.4. The number of fused-ring (bicyclic) bond motifs is 1. The molecular weight excluding hydrogens is 366 g/mol. The van der Waals surface area contributed by atoms with Crippen molar-refractivity contribution in [2.75, 3.05) is 18.0 Å². The monoisotopic (exact) mass is 391 g/mol. The molecule has 0 radical (unpaired) electrons. The van der Waals surface area contributed by atoms with Gasteiger partial charge in [0.2, 0.25) is 5.91 Å². The second-order valence-electron chi connectivity index (χ2n) is 8.19. The number of hydrogen-bond acceptors (Lipinski definition) is 6. The summed E-state index contributed by atoms with van der Waals surface area (Å²) < 4.78 is 1.77. The highest BCUT2D eigenvalue weighted by Gasteiger charge is 2.29. The minimum absolute atomic E-state index is 0.00922. The molecule has 1 saturated carbocycles. The Balaban J connectivity index is 1.37. The van der Waals surface area contributed by atoms with Crippen molar-refractivity contribution in [2.24, 2.45) is 17.6 Å². The first-order valence-electron chi connectivity index (χ1n) is 10.4. The zero-order valence-electron chi connectivity index (χ0n) is 16.4. The van der Waals surface area contributed by atoms with E-state index in [2.05, 4.69) is 44.5 Å². The van der Waals surface area contributed by atoms with Crippen LogP contribution in [-0.4, -0.2) is 44.0 Å². The van der Waals surface area contributed by atoms with Gasteiger partial charge in [0.05, 0.1) is 11.9 Å². The van der Waals surface area contributed by atoms with E-state index in [0.717, 1.165) is 50.3 Å². The van der Waals surface area contributed by atoms with Crippen molar-refractivity contribution in [3.05, 3.63) is 36.3 Å². The van der Waals surface area contributed by atoms with E-state index in [-0.39, 0.29) is 11.8 Å². The summed E-state index contributed by atoms with van der Waals surface area (Å²) in [4.78, 5) is 23.0. The molecule has 0 unspecified atom stereocenters. The number of nitrogens with two attached hydrogens (primary N) is 1. The molecule has 1 saturated heterocycles. The van der Waals surface area contributed by atoms with E-state index in [1.165, 1.54) is 18.5 Å². The molecule has 8 nitrogen and oxygen atoms in total. The molecule has 1 aromatic carbocycles. The number of anilines is 1. The molecule has 150 valence electrons. The van der Waals surface area contributed by atoms with Gasteiger partial charge in [0.15, 0.2) is 11.2 Å². The van der Waals surface area contributed by atoms with E-state index in [1.54, 1.807) is 10.9 Å². The first-order valence-corrected chi connectivity index (χ1v) is 10.4. The summed E-state index contributed by atoms with van der Waals surface area (Å²) in [6.07, 6.45) is 7.69. The molecule has 0 spiro atoms. The molecule has 2 aliphatic rings. The van der Waals surface area contributed by atoms with Crippen molar-refractivity contribution in [1.29, 1.82) is 0 Å². The van der Waals surface area contributed by atoms with Crippen molar-refractivity contribution >= 4 is 22.8 Å². The van der Waals surface area contributed by atoms with E-state index in [1.807, 2.05) is 0 Å². The number of hydrogen-bond donors (Lipinski definition) is 1. The molecule has 1 aliphatic heterocycles. The second-order valence-corrected chi connectivity index (χ2v) is 8.19. The van der Waals surface area contributed by atoms with Gasteiger partial charge in [0, 0.05) is 31.1 Å². The number of aromatic nitrogens is 5. The van der Waals surface area contributed by atoms with Gasteiger partial charge in [-0.2, -0.15) is 4.68 Å². The van der Waals surface area contributed by atoms with Crippen LogP contribution in [0.2, 0.25) is 0 Å². The van der Waals surface area contributed by atoms with Crippen LogP contribution < -0.4 is 10.6 Å². The minimum Gasteiger partial charge on any atom is -0.372 e. The SMILES string of the molecule is NC(=O)[C@H]1CC[C@@H](Cc2ncc3nnn(-c4ccc(N5CCCC5)cc4)c3n2)C1. The van der Waals surface area contributed by atoms with Gasteiger partial charge >= 0.3 is 0 Å². The Labute approximate surface area is 169 Å². The molecule has 2 aromatic heterocycles. The van der Waals surface area contributed by atoms with E-state index in [0.29, 0.717) is 17.1 Å². The molecule has 1 aliphatic carbocycles. The van der Waals surface area contributed by atoms with Crippen LogP contribution in [0.4, 0.5) is 5.69 Å². The van der Waals surface area contributed by atoms with E-state index >= 15 is 0 Å². The number of carbonyl (C=O) groups excluding carboxylic acids is 1. The number of nitrogens with zero attached hydrogens (tertiary/aromatic N) is 6. The summed E-state index contributed by atoms with van der Waals surface area (Å²) in [5, 5.41) is 8.51. The third kappa shape index (κ3) is 3.54. The molecule has 2 N–H and O–H groups in total. The van der Waals surface area contributed by atoms with Gasteiger partial charge in [-0.05, 0) is 62.3 Å². The first-order chi connectivity index (χ1) is 14.2. The van der Waals surface area contributed by atoms with Gasteiger partial charge in [0.25, 0.3) is 0 Å². The van der Waals surface area contributed by atoms with E-state index in [9.17, 15) is 4.79 Å². The third-order valence-electron chi connectivity index (χ3n) is 6.22. The molecule has 29 heavy (non-hydrogen) atoms. The third-order valence-corrected chi connectivity index (χ3v) is 6.22. The Bertz CT molecular complexity index is 1020. The first kappa shape index (κ1) is 18.0. The van der Waals surface area contributed by atoms with Crippen molar-refractivity contribution in [3.8, 4) is 5.69 Å². The van der Waals surface area contributed by atoms with Crippen molar-refractivity contribution in [1.82, 2.24) is 25.0 Å². The average Bonchev–Trinajstić information content (AvgIpc) is 3.49. The zero-order chi connectivity index (χ0) is 19.8. The van der Waals surface area contributed by atoms with Crippen LogP contribution in [-0.2, 0) is 11.2 Å². The quantitative estimate of drug-likeness (QED) is 0.716. The lowest BCUT2D eigenvalue weighted by Gasteiger charge is -2.17. The highest BCUT2D eigenvalue weighted by molar-refractivity contribution is 5.77. The fraction of sp³-hybridized carbons (Fsp3) is 0.476. The van der Waals surface area contributed by atoms with Crippen LogP contribution in [0.15, 0.2) is 30.5 Å². The highest BCUT2D eigenvalue weighted by atomic mass is 16.1. The van der Waals surface area contributed by atoms with Gasteiger partial charge < -0.3 is 10.6 Å². The Hall–Kier alpha value is -3.03. The van der Waals surface area contributed by atoms with Gasteiger partial charge in [0.1, 0.15) is 5.82 Å². The molecule has 3 heterocycles. The zero-order valence-corrected chi connectivity index (χ0v) is 16.4. The number of carbonyl (C=O) groups is 1. The maximum Gasteiger partial charge on any atom is 0.220 e. The molecule has 0 bridgehead atoms. The summed E-state index contributed by atoms with van der Waals surface area (Å²) in [6.45, 7) is 2.25. The van der Waals surface area contributed by atoms with Crippen molar-refractivity contribution < 1.29 is 4.79 Å². The van der Waals surface area contributed by atoms with Gasteiger partial charge in [-0.15, -0.1) is 5.10 Å². The summed E-state index contributed by atoms with van der Waals surface area (Å²) in [7, 11) is 0. The number of primary amides is 1. The van der Waals surface area contributed by atoms with Crippen LogP contribution in [0.3, 0.4) is 0 Å². The normalized spacial score (nSPS) is 21.9. The number of amides is 1. The van der Waals surface area contributed by atoms with Crippen LogP contribution >= 0.6 is 0 Å². The smallest absolute Gasteiger partial charge is 0.220 e. The van der Waals surface area contributed by atoms with Crippen LogP contribution in [0, 0.1) is 11.8 Å². The molecule has 2 fully saturated rings. The Morgan fingerprint density at radius 3 is 2.59 bits per heavy atom. The lowest BCUT2D eigenvalue weighted by atomic mass is 10.0. The second kappa shape index (κ2) is 7.42. The Morgan fingerprint density at radius 2 is 1.86 bits per heavy atom. The molecule has 8 heteroatoms. The van der Waals surface area contributed by atoms with Gasteiger partial charge in [-0.1, -0.05) is 5.21 Å². The lowest BCUT2D eigenvalue weighted by Crippen LogP contribution is -2.21. The predicted molar refractivity (Wildman–Crippen MR) is 110 cm³/mol. The molecular formula is C21H25N7O. The van der Waals surface area contributed by atoms with E-state index in [4.69, 9.17) is 10.7 Å². The topological polar surface area (TPSA) is 103 Å². The fourth-order valence-corrected chi connectivity index (χ4v) is 4.59. The average molecular weight is 391 g/mol. The number of rotatable bonds is 5. The van der Waals surface area contributed by atoms with Crippen molar-refractivity contribution in [3.63, 3.8) is 0 Å². The summed E-state index contributed by atoms with van der Waals surface area (Å²) in [5.41, 5.74) is 9.04. The fourth-order valence-electron chi connectivity index (χ4n) is 4.59. The van der Waals surface area contributed by atoms with Crippen molar-refractivity contribution in [2.45, 2.75) is 38.5 Å². The summed E-state index contributed by atoms with van der Waals surface area (Å²) in [6, 6.07) is 8.41. The summed E-state index contributed by atoms with van der Waals surface area (Å²) in [5.74, 6) is 0.965. The van der Waals surface area contributed by atoms with Crippen LogP contribution in [0.1, 0.15) is 37.9 Å². The predicted octanol–water partition coefficient (Wildman–Crippen LogP) is 2.25. The molecule has 2 atom stereocenters. The minimum atomic E-state index is -0.191. The van der Waals surface area contributed by atoms with Gasteiger partial charge in [-0.25, -0.2) is 9.97 Å².